The fourth-order valence-corrected chi connectivity index (χ4v) is 2.63. The molecule has 2 rings (SSSR count). The lowest BCUT2D eigenvalue weighted by molar-refractivity contribution is 0.128. The Morgan fingerprint density at radius 1 is 1.11 bits per heavy atom. The molecule has 19 heavy (non-hydrogen) atoms. The van der Waals surface area contributed by atoms with Crippen molar-refractivity contribution >= 4 is 5.69 Å². The monoisotopic (exact) mass is 257 g/mol. The zero-order valence-electron chi connectivity index (χ0n) is 12.4. The third-order valence-electron chi connectivity index (χ3n) is 3.84. The van der Waals surface area contributed by atoms with E-state index in [-0.39, 0.29) is 5.54 Å². The van der Waals surface area contributed by atoms with E-state index in [1.165, 1.54) is 0 Å². The SMILES string of the molecule is Cc1ccc(N2CCN(C(C)(C)C)CC2)c(C#N)c1. The second-order valence-corrected chi connectivity index (χ2v) is 6.28. The van der Waals surface area contributed by atoms with Crippen LogP contribution in [0.2, 0.25) is 0 Å². The van der Waals surface area contributed by atoms with Gasteiger partial charge in [-0.25, -0.2) is 0 Å². The van der Waals surface area contributed by atoms with E-state index >= 15 is 0 Å². The first kappa shape index (κ1) is 13.9. The number of hydrogen-bond acceptors (Lipinski definition) is 3. The third-order valence-corrected chi connectivity index (χ3v) is 3.84. The van der Waals surface area contributed by atoms with Crippen LogP contribution in [0.3, 0.4) is 0 Å². The summed E-state index contributed by atoms with van der Waals surface area (Å²) in [5.41, 5.74) is 3.26. The van der Waals surface area contributed by atoms with Gasteiger partial charge in [-0.15, -0.1) is 0 Å². The van der Waals surface area contributed by atoms with Gasteiger partial charge in [0.1, 0.15) is 6.07 Å². The first-order valence-corrected chi connectivity index (χ1v) is 6.92. The Labute approximate surface area is 116 Å². The van der Waals surface area contributed by atoms with Crippen molar-refractivity contribution in [2.75, 3.05) is 31.1 Å². The highest BCUT2D eigenvalue weighted by molar-refractivity contribution is 5.60. The van der Waals surface area contributed by atoms with Crippen LogP contribution in [0.25, 0.3) is 0 Å². The molecule has 1 aliphatic rings. The summed E-state index contributed by atoms with van der Waals surface area (Å²) in [5.74, 6) is 0. The number of nitrogens with zero attached hydrogens (tertiary/aromatic N) is 3. The molecule has 0 amide bonds. The molecule has 0 radical (unpaired) electrons. The third kappa shape index (κ3) is 3.08. The molecule has 0 bridgehead atoms. The number of rotatable bonds is 1. The van der Waals surface area contributed by atoms with Gasteiger partial charge in [0.25, 0.3) is 0 Å². The first-order valence-electron chi connectivity index (χ1n) is 6.92. The average molecular weight is 257 g/mol. The highest BCUT2D eigenvalue weighted by atomic mass is 15.3. The van der Waals surface area contributed by atoms with Crippen LogP contribution in [0.4, 0.5) is 5.69 Å². The molecule has 3 nitrogen and oxygen atoms in total. The normalized spacial score (nSPS) is 17.3. The lowest BCUT2D eigenvalue weighted by Gasteiger charge is -2.43. The predicted molar refractivity (Wildman–Crippen MR) is 79.4 cm³/mol. The summed E-state index contributed by atoms with van der Waals surface area (Å²) in [6.07, 6.45) is 0. The van der Waals surface area contributed by atoms with Crippen LogP contribution >= 0.6 is 0 Å². The van der Waals surface area contributed by atoms with E-state index in [0.717, 1.165) is 43.0 Å². The Morgan fingerprint density at radius 3 is 2.26 bits per heavy atom. The zero-order chi connectivity index (χ0) is 14.0. The van der Waals surface area contributed by atoms with Crippen molar-refractivity contribution in [3.05, 3.63) is 29.3 Å². The molecule has 0 N–H and O–H groups in total. The van der Waals surface area contributed by atoms with Gasteiger partial charge in [0.2, 0.25) is 0 Å². The smallest absolute Gasteiger partial charge is 0.101 e. The minimum atomic E-state index is 0.234. The molecule has 0 saturated carbocycles. The maximum atomic E-state index is 9.27. The minimum absolute atomic E-state index is 0.234. The number of nitriles is 1. The molecule has 1 saturated heterocycles. The molecule has 3 heteroatoms. The van der Waals surface area contributed by atoms with E-state index < -0.39 is 0 Å². The molecular formula is C16H23N3. The Morgan fingerprint density at radius 2 is 1.74 bits per heavy atom. The van der Waals surface area contributed by atoms with Crippen LogP contribution in [0.1, 0.15) is 31.9 Å². The minimum Gasteiger partial charge on any atom is -0.368 e. The van der Waals surface area contributed by atoms with Gasteiger partial charge in [0.05, 0.1) is 11.3 Å². The maximum absolute atomic E-state index is 9.27. The summed E-state index contributed by atoms with van der Waals surface area (Å²) in [4.78, 5) is 4.84. The molecule has 1 aromatic carbocycles. The average Bonchev–Trinajstić information content (AvgIpc) is 2.37. The highest BCUT2D eigenvalue weighted by Crippen LogP contribution is 2.24. The van der Waals surface area contributed by atoms with E-state index in [9.17, 15) is 5.26 Å². The van der Waals surface area contributed by atoms with E-state index in [0.29, 0.717) is 0 Å². The summed E-state index contributed by atoms with van der Waals surface area (Å²) in [6, 6.07) is 8.47. The van der Waals surface area contributed by atoms with Gasteiger partial charge in [0, 0.05) is 31.7 Å². The van der Waals surface area contributed by atoms with E-state index in [2.05, 4.69) is 48.8 Å². The van der Waals surface area contributed by atoms with Gasteiger partial charge < -0.3 is 4.90 Å². The molecule has 0 aliphatic carbocycles. The van der Waals surface area contributed by atoms with Gasteiger partial charge in [-0.2, -0.15) is 5.26 Å². The van der Waals surface area contributed by atoms with E-state index in [1.54, 1.807) is 0 Å². The molecular weight excluding hydrogens is 234 g/mol. The second kappa shape index (κ2) is 5.22. The van der Waals surface area contributed by atoms with Crippen molar-refractivity contribution < 1.29 is 0 Å². The van der Waals surface area contributed by atoms with Crippen molar-refractivity contribution in [1.29, 1.82) is 5.26 Å². The quantitative estimate of drug-likeness (QED) is 0.775. The number of aryl methyl sites for hydroxylation is 1. The van der Waals surface area contributed by atoms with Crippen LogP contribution in [0.5, 0.6) is 0 Å². The van der Waals surface area contributed by atoms with E-state index in [1.807, 2.05) is 13.0 Å². The highest BCUT2D eigenvalue weighted by Gasteiger charge is 2.26. The largest absolute Gasteiger partial charge is 0.368 e. The van der Waals surface area contributed by atoms with Gasteiger partial charge in [0.15, 0.2) is 0 Å². The van der Waals surface area contributed by atoms with Crippen LogP contribution in [-0.4, -0.2) is 36.6 Å². The lowest BCUT2D eigenvalue weighted by Crippen LogP contribution is -2.53. The molecule has 1 heterocycles. The molecule has 0 atom stereocenters. The number of piperazine rings is 1. The fraction of sp³-hybridized carbons (Fsp3) is 0.562. The van der Waals surface area contributed by atoms with Crippen molar-refractivity contribution in [1.82, 2.24) is 4.90 Å². The van der Waals surface area contributed by atoms with Crippen LogP contribution in [-0.2, 0) is 0 Å². The first-order chi connectivity index (χ1) is 8.91. The summed E-state index contributed by atoms with van der Waals surface area (Å²) in [5, 5.41) is 9.27. The summed E-state index contributed by atoms with van der Waals surface area (Å²) >= 11 is 0. The molecule has 1 aromatic rings. The van der Waals surface area contributed by atoms with Gasteiger partial charge in [-0.05, 0) is 45.4 Å². The van der Waals surface area contributed by atoms with E-state index in [4.69, 9.17) is 0 Å². The Bertz CT molecular complexity index is 486. The maximum Gasteiger partial charge on any atom is 0.101 e. The molecule has 1 fully saturated rings. The van der Waals surface area contributed by atoms with Crippen molar-refractivity contribution in [2.24, 2.45) is 0 Å². The summed E-state index contributed by atoms with van der Waals surface area (Å²) in [7, 11) is 0. The molecule has 0 unspecified atom stereocenters. The Balaban J connectivity index is 2.12. The molecule has 0 aromatic heterocycles. The molecule has 0 spiro atoms. The zero-order valence-corrected chi connectivity index (χ0v) is 12.4. The number of benzene rings is 1. The number of hydrogen-bond donors (Lipinski definition) is 0. The van der Waals surface area contributed by atoms with Crippen molar-refractivity contribution in [3.8, 4) is 6.07 Å². The molecule has 102 valence electrons. The Kier molecular flexibility index (Phi) is 3.82. The summed E-state index contributed by atoms with van der Waals surface area (Å²) in [6.45, 7) is 12.9. The van der Waals surface area contributed by atoms with Crippen LogP contribution in [0, 0.1) is 18.3 Å². The van der Waals surface area contributed by atoms with Crippen LogP contribution < -0.4 is 4.90 Å². The van der Waals surface area contributed by atoms with Gasteiger partial charge in [-0.3, -0.25) is 4.90 Å². The van der Waals surface area contributed by atoms with Gasteiger partial charge in [-0.1, -0.05) is 6.07 Å². The second-order valence-electron chi connectivity index (χ2n) is 6.28. The van der Waals surface area contributed by atoms with Crippen molar-refractivity contribution in [3.63, 3.8) is 0 Å². The van der Waals surface area contributed by atoms with Crippen molar-refractivity contribution in [2.45, 2.75) is 33.2 Å². The Hall–Kier alpha value is -1.53. The van der Waals surface area contributed by atoms with Crippen LogP contribution in [0.15, 0.2) is 18.2 Å². The summed E-state index contributed by atoms with van der Waals surface area (Å²) < 4.78 is 0. The number of anilines is 1. The lowest BCUT2D eigenvalue weighted by atomic mass is 10.0. The predicted octanol–water partition coefficient (Wildman–Crippen LogP) is 2.79. The van der Waals surface area contributed by atoms with Gasteiger partial charge >= 0.3 is 0 Å². The standard InChI is InChI=1S/C16H23N3/c1-13-5-6-15(14(11-13)12-17)18-7-9-19(10-8-18)16(2,3)4/h5-6,11H,7-10H2,1-4H3. The topological polar surface area (TPSA) is 30.3 Å². The fourth-order valence-electron chi connectivity index (χ4n) is 2.63. The molecule has 1 aliphatic heterocycles.